The number of nitrogens with one attached hydrogen (secondary N) is 1. The molecule has 3 N–H and O–H groups in total. The Morgan fingerprint density at radius 2 is 2.33 bits per heavy atom. The van der Waals surface area contributed by atoms with Crippen molar-refractivity contribution in [2.24, 2.45) is 5.73 Å². The highest BCUT2D eigenvalue weighted by atomic mass is 16.5. The highest BCUT2D eigenvalue weighted by molar-refractivity contribution is 5.97. The summed E-state index contributed by atoms with van der Waals surface area (Å²) < 4.78 is 10.5. The van der Waals surface area contributed by atoms with E-state index in [4.69, 9.17) is 20.6 Å². The van der Waals surface area contributed by atoms with Gasteiger partial charge in [-0.1, -0.05) is 0 Å². The summed E-state index contributed by atoms with van der Waals surface area (Å²) in [7, 11) is 0. The number of rotatable bonds is 6. The number of ether oxygens (including phenoxy) is 2. The van der Waals surface area contributed by atoms with Crippen LogP contribution in [-0.2, 0) is 4.74 Å². The first-order chi connectivity index (χ1) is 7.25. The summed E-state index contributed by atoms with van der Waals surface area (Å²) in [5.74, 6) is 0.494. The lowest BCUT2D eigenvalue weighted by atomic mass is 10.2. The summed E-state index contributed by atoms with van der Waals surface area (Å²) in [5.41, 5.74) is 5.95. The Labute approximate surface area is 88.7 Å². The maximum atomic E-state index is 7.33. The normalized spacial score (nSPS) is 9.93. The summed E-state index contributed by atoms with van der Waals surface area (Å²) in [6, 6.07) is 1.65. The molecule has 0 aliphatic carbocycles. The van der Waals surface area contributed by atoms with Crippen LogP contribution in [-0.4, -0.2) is 30.6 Å². The average molecular weight is 209 g/mol. The zero-order chi connectivity index (χ0) is 11.1. The molecular formula is C10H15N3O2. The van der Waals surface area contributed by atoms with Gasteiger partial charge in [0.15, 0.2) is 0 Å². The van der Waals surface area contributed by atoms with Gasteiger partial charge in [0.2, 0.25) is 0 Å². The van der Waals surface area contributed by atoms with Crippen LogP contribution < -0.4 is 10.5 Å². The highest BCUT2D eigenvalue weighted by Crippen LogP contribution is 2.15. The first kappa shape index (κ1) is 11.5. The third kappa shape index (κ3) is 3.55. The van der Waals surface area contributed by atoms with Crippen LogP contribution in [0, 0.1) is 5.41 Å². The second-order valence-corrected chi connectivity index (χ2v) is 2.83. The Kier molecular flexibility index (Phi) is 4.56. The molecule has 1 aromatic rings. The minimum atomic E-state index is -0.0243. The molecule has 0 aliphatic rings. The zero-order valence-electron chi connectivity index (χ0n) is 8.69. The van der Waals surface area contributed by atoms with Crippen molar-refractivity contribution < 1.29 is 9.47 Å². The van der Waals surface area contributed by atoms with Crippen LogP contribution >= 0.6 is 0 Å². The van der Waals surface area contributed by atoms with E-state index in [9.17, 15) is 0 Å². The monoisotopic (exact) mass is 209 g/mol. The van der Waals surface area contributed by atoms with Crippen molar-refractivity contribution in [3.63, 3.8) is 0 Å². The Morgan fingerprint density at radius 1 is 1.53 bits per heavy atom. The van der Waals surface area contributed by atoms with Gasteiger partial charge in [-0.15, -0.1) is 0 Å². The molecule has 1 rings (SSSR count). The molecule has 0 aliphatic heterocycles. The van der Waals surface area contributed by atoms with E-state index < -0.39 is 0 Å². The second-order valence-electron chi connectivity index (χ2n) is 2.83. The van der Waals surface area contributed by atoms with E-state index in [1.54, 1.807) is 18.5 Å². The summed E-state index contributed by atoms with van der Waals surface area (Å²) in [4.78, 5) is 3.91. The van der Waals surface area contributed by atoms with Crippen molar-refractivity contribution in [1.82, 2.24) is 4.98 Å². The molecule has 1 heterocycles. The summed E-state index contributed by atoms with van der Waals surface area (Å²) in [6.07, 6.45) is 3.12. The van der Waals surface area contributed by atoms with Gasteiger partial charge < -0.3 is 15.2 Å². The van der Waals surface area contributed by atoms with Crippen LogP contribution in [0.15, 0.2) is 18.5 Å². The SMILES string of the molecule is CCOCCOc1cnccc1C(=N)N. The fourth-order valence-electron chi connectivity index (χ4n) is 1.07. The third-order valence-corrected chi connectivity index (χ3v) is 1.76. The number of nitrogens with two attached hydrogens (primary N) is 1. The van der Waals surface area contributed by atoms with Crippen LogP contribution in [0.2, 0.25) is 0 Å². The number of nitrogens with zero attached hydrogens (tertiary/aromatic N) is 1. The molecule has 15 heavy (non-hydrogen) atoms. The van der Waals surface area contributed by atoms with E-state index >= 15 is 0 Å². The fourth-order valence-corrected chi connectivity index (χ4v) is 1.07. The predicted molar refractivity (Wildman–Crippen MR) is 57.2 cm³/mol. The van der Waals surface area contributed by atoms with Crippen LogP contribution in [0.5, 0.6) is 5.75 Å². The van der Waals surface area contributed by atoms with Crippen molar-refractivity contribution in [2.45, 2.75) is 6.92 Å². The number of aromatic nitrogens is 1. The molecule has 0 bridgehead atoms. The fraction of sp³-hybridized carbons (Fsp3) is 0.400. The van der Waals surface area contributed by atoms with Crippen LogP contribution in [0.1, 0.15) is 12.5 Å². The number of nitrogen functional groups attached to an aromatic ring is 1. The minimum Gasteiger partial charge on any atom is -0.489 e. The topological polar surface area (TPSA) is 81.2 Å². The zero-order valence-corrected chi connectivity index (χ0v) is 8.69. The van der Waals surface area contributed by atoms with Crippen molar-refractivity contribution in [3.8, 4) is 5.75 Å². The van der Waals surface area contributed by atoms with Gasteiger partial charge in [-0.3, -0.25) is 10.4 Å². The van der Waals surface area contributed by atoms with Crippen molar-refractivity contribution >= 4 is 5.84 Å². The lowest BCUT2D eigenvalue weighted by Crippen LogP contribution is -2.15. The number of hydrogen-bond acceptors (Lipinski definition) is 4. The molecule has 5 nitrogen and oxygen atoms in total. The van der Waals surface area contributed by atoms with E-state index in [0.717, 1.165) is 0 Å². The molecule has 0 radical (unpaired) electrons. The van der Waals surface area contributed by atoms with Gasteiger partial charge in [0, 0.05) is 12.8 Å². The van der Waals surface area contributed by atoms with Gasteiger partial charge in [-0.2, -0.15) is 0 Å². The molecular weight excluding hydrogens is 194 g/mol. The molecule has 0 amide bonds. The molecule has 0 fully saturated rings. The molecule has 82 valence electrons. The molecule has 0 saturated heterocycles. The molecule has 5 heteroatoms. The third-order valence-electron chi connectivity index (χ3n) is 1.76. The van der Waals surface area contributed by atoms with Crippen molar-refractivity contribution in [2.75, 3.05) is 19.8 Å². The number of hydrogen-bond donors (Lipinski definition) is 2. The average Bonchev–Trinajstić information content (AvgIpc) is 2.25. The Balaban J connectivity index is 2.56. The largest absolute Gasteiger partial charge is 0.489 e. The van der Waals surface area contributed by atoms with Gasteiger partial charge in [-0.25, -0.2) is 0 Å². The molecule has 1 aromatic heterocycles. The molecule has 0 atom stereocenters. The van der Waals surface area contributed by atoms with Crippen LogP contribution in [0.4, 0.5) is 0 Å². The summed E-state index contributed by atoms with van der Waals surface area (Å²) in [5, 5.41) is 7.33. The van der Waals surface area contributed by atoms with E-state index in [1.165, 1.54) is 0 Å². The standard InChI is InChI=1S/C10H15N3O2/c1-2-14-5-6-15-9-7-13-4-3-8(9)10(11)12/h3-4,7H,2,5-6H2,1H3,(H3,11,12). The molecule has 0 unspecified atom stereocenters. The van der Waals surface area contributed by atoms with Crippen molar-refractivity contribution in [1.29, 1.82) is 5.41 Å². The molecule has 0 spiro atoms. The number of pyridine rings is 1. The van der Waals surface area contributed by atoms with Crippen LogP contribution in [0.25, 0.3) is 0 Å². The van der Waals surface area contributed by atoms with Crippen LogP contribution in [0.3, 0.4) is 0 Å². The number of amidine groups is 1. The second kappa shape index (κ2) is 5.98. The molecule has 0 saturated carbocycles. The van der Waals surface area contributed by atoms with E-state index in [2.05, 4.69) is 4.98 Å². The minimum absolute atomic E-state index is 0.0243. The smallest absolute Gasteiger partial charge is 0.148 e. The lowest BCUT2D eigenvalue weighted by molar-refractivity contribution is 0.110. The van der Waals surface area contributed by atoms with Gasteiger partial charge in [0.1, 0.15) is 18.2 Å². The van der Waals surface area contributed by atoms with E-state index in [1.807, 2.05) is 6.92 Å². The first-order valence-electron chi connectivity index (χ1n) is 4.74. The van der Waals surface area contributed by atoms with Crippen molar-refractivity contribution in [3.05, 3.63) is 24.0 Å². The van der Waals surface area contributed by atoms with E-state index in [-0.39, 0.29) is 5.84 Å². The maximum absolute atomic E-state index is 7.33. The first-order valence-corrected chi connectivity index (χ1v) is 4.74. The van der Waals surface area contributed by atoms with Gasteiger partial charge >= 0.3 is 0 Å². The Morgan fingerprint density at radius 3 is 3.00 bits per heavy atom. The Bertz CT molecular complexity index is 328. The lowest BCUT2D eigenvalue weighted by Gasteiger charge is -2.09. The Hall–Kier alpha value is -1.62. The highest BCUT2D eigenvalue weighted by Gasteiger charge is 2.05. The summed E-state index contributed by atoms with van der Waals surface area (Å²) >= 11 is 0. The molecule has 0 aromatic carbocycles. The summed E-state index contributed by atoms with van der Waals surface area (Å²) in [6.45, 7) is 3.53. The van der Waals surface area contributed by atoms with Gasteiger partial charge in [0.25, 0.3) is 0 Å². The predicted octanol–water partition coefficient (Wildman–Crippen LogP) is 0.781. The van der Waals surface area contributed by atoms with Gasteiger partial charge in [0.05, 0.1) is 18.4 Å². The van der Waals surface area contributed by atoms with Gasteiger partial charge in [-0.05, 0) is 13.0 Å². The van der Waals surface area contributed by atoms with E-state index in [0.29, 0.717) is 31.1 Å². The maximum Gasteiger partial charge on any atom is 0.148 e. The quantitative estimate of drug-likeness (QED) is 0.412.